The van der Waals surface area contributed by atoms with Gasteiger partial charge in [0.2, 0.25) is 5.91 Å². The summed E-state index contributed by atoms with van der Waals surface area (Å²) in [4.78, 5) is 15.4. The van der Waals surface area contributed by atoms with Gasteiger partial charge in [-0.05, 0) is 24.5 Å². The van der Waals surface area contributed by atoms with Crippen molar-refractivity contribution in [3.63, 3.8) is 0 Å². The first-order chi connectivity index (χ1) is 11.5. The number of carbonyl (C=O) groups is 1. The minimum atomic E-state index is -5.76. The minimum absolute atomic E-state index is 0.0964. The molecule has 0 aliphatic carbocycles. The Hall–Kier alpha value is -1.84. The van der Waals surface area contributed by atoms with Crippen molar-refractivity contribution in [2.45, 2.75) is 50.2 Å². The lowest BCUT2D eigenvalue weighted by Gasteiger charge is -2.50. The smallest absolute Gasteiger partial charge is 0.323 e. The fourth-order valence-corrected chi connectivity index (χ4v) is 3.21. The fourth-order valence-electron chi connectivity index (χ4n) is 3.21. The van der Waals surface area contributed by atoms with Crippen LogP contribution < -0.4 is 5.32 Å². The fraction of sp³-hybridized carbons (Fsp3) is 0.600. The Morgan fingerprint density at radius 3 is 2.32 bits per heavy atom. The van der Waals surface area contributed by atoms with Crippen LogP contribution in [0.4, 0.5) is 26.3 Å². The first-order valence-electron chi connectivity index (χ1n) is 7.59. The topological polar surface area (TPSA) is 45.2 Å². The van der Waals surface area contributed by atoms with E-state index < -0.39 is 36.5 Å². The number of carbonyl (C=O) groups excluding carboxylic acids is 1. The molecule has 140 valence electrons. The Balaban J connectivity index is 2.62. The van der Waals surface area contributed by atoms with Crippen molar-refractivity contribution in [1.82, 2.24) is 15.2 Å². The molecule has 1 N–H and O–H groups in total. The zero-order chi connectivity index (χ0) is 18.9. The summed E-state index contributed by atoms with van der Waals surface area (Å²) in [5, 5.41) is 1.16. The van der Waals surface area contributed by atoms with E-state index in [1.54, 1.807) is 0 Å². The second-order valence-electron chi connectivity index (χ2n) is 5.88. The molecule has 0 saturated carbocycles. The number of hydrogen-bond donors (Lipinski definition) is 1. The highest BCUT2D eigenvalue weighted by Gasteiger charge is 2.75. The van der Waals surface area contributed by atoms with Crippen molar-refractivity contribution >= 4 is 5.91 Å². The molecule has 0 bridgehead atoms. The van der Waals surface area contributed by atoms with Crippen LogP contribution in [0.15, 0.2) is 24.5 Å². The quantitative estimate of drug-likeness (QED) is 0.829. The molecule has 4 nitrogen and oxygen atoms in total. The number of aromatic nitrogens is 1. The van der Waals surface area contributed by atoms with Gasteiger partial charge in [-0.3, -0.25) is 14.7 Å². The monoisotopic (exact) mass is 369 g/mol. The predicted octanol–water partition coefficient (Wildman–Crippen LogP) is 3.57. The van der Waals surface area contributed by atoms with Crippen LogP contribution in [0.25, 0.3) is 0 Å². The van der Waals surface area contributed by atoms with Crippen molar-refractivity contribution in [1.29, 1.82) is 0 Å². The van der Waals surface area contributed by atoms with Crippen LogP contribution in [0.2, 0.25) is 0 Å². The lowest BCUT2D eigenvalue weighted by atomic mass is 9.91. The molecule has 1 aromatic heterocycles. The van der Waals surface area contributed by atoms with Gasteiger partial charge in [0.1, 0.15) is 0 Å². The van der Waals surface area contributed by atoms with Crippen LogP contribution in [0.1, 0.15) is 37.8 Å². The van der Waals surface area contributed by atoms with Crippen molar-refractivity contribution in [3.8, 4) is 0 Å². The van der Waals surface area contributed by atoms with Crippen LogP contribution in [-0.2, 0) is 4.79 Å². The van der Waals surface area contributed by atoms with Crippen LogP contribution in [0, 0.1) is 0 Å². The van der Waals surface area contributed by atoms with E-state index in [0.29, 0.717) is 18.2 Å². The second kappa shape index (κ2) is 6.81. The van der Waals surface area contributed by atoms with Gasteiger partial charge in [-0.15, -0.1) is 0 Å². The zero-order valence-corrected chi connectivity index (χ0v) is 13.3. The molecule has 25 heavy (non-hydrogen) atoms. The third-order valence-electron chi connectivity index (χ3n) is 4.18. The molecular weight excluding hydrogens is 352 g/mol. The number of piperidine rings is 1. The average Bonchev–Trinajstić information content (AvgIpc) is 2.51. The van der Waals surface area contributed by atoms with Gasteiger partial charge in [0.25, 0.3) is 5.66 Å². The van der Waals surface area contributed by atoms with Gasteiger partial charge in [-0.1, -0.05) is 12.5 Å². The highest BCUT2D eigenvalue weighted by atomic mass is 19.4. The maximum Gasteiger partial charge on any atom is 0.434 e. The Morgan fingerprint density at radius 1 is 1.20 bits per heavy atom. The third kappa shape index (κ3) is 3.58. The van der Waals surface area contributed by atoms with E-state index in [0.717, 1.165) is 5.32 Å². The average molecular weight is 369 g/mol. The molecule has 2 rings (SSSR count). The minimum Gasteiger partial charge on any atom is -0.323 e. The van der Waals surface area contributed by atoms with Crippen molar-refractivity contribution in [2.24, 2.45) is 0 Å². The maximum atomic E-state index is 13.7. The van der Waals surface area contributed by atoms with Gasteiger partial charge in [0.15, 0.2) is 0 Å². The Labute approximate surface area is 140 Å². The molecule has 1 aliphatic heterocycles. The Morgan fingerprint density at radius 2 is 1.84 bits per heavy atom. The number of halogens is 6. The number of alkyl halides is 6. The molecule has 10 heteroatoms. The molecule has 1 amide bonds. The summed E-state index contributed by atoms with van der Waals surface area (Å²) in [6, 6.07) is 1.71. The van der Waals surface area contributed by atoms with Crippen LogP contribution in [0.5, 0.6) is 0 Å². The van der Waals surface area contributed by atoms with E-state index in [9.17, 15) is 31.1 Å². The first kappa shape index (κ1) is 19.5. The Bertz CT molecular complexity index is 588. The SMILES string of the molecule is CC(=O)NC(N1CCCC[C@@H]1c1cccnc1)(C(F)(F)F)C(F)(F)F. The molecule has 0 unspecified atom stereocenters. The summed E-state index contributed by atoms with van der Waals surface area (Å²) in [7, 11) is 0. The summed E-state index contributed by atoms with van der Waals surface area (Å²) in [5.41, 5.74) is -4.21. The lowest BCUT2D eigenvalue weighted by molar-refractivity contribution is -0.357. The number of nitrogens with zero attached hydrogens (tertiary/aromatic N) is 2. The van der Waals surface area contributed by atoms with Crippen molar-refractivity contribution in [3.05, 3.63) is 30.1 Å². The number of nitrogens with one attached hydrogen (secondary N) is 1. The van der Waals surface area contributed by atoms with Crippen LogP contribution >= 0.6 is 0 Å². The number of pyridine rings is 1. The summed E-state index contributed by atoms with van der Waals surface area (Å²) < 4.78 is 82.3. The summed E-state index contributed by atoms with van der Waals surface area (Å²) >= 11 is 0. The highest BCUT2D eigenvalue weighted by molar-refractivity contribution is 5.74. The summed E-state index contributed by atoms with van der Waals surface area (Å²) in [5.74, 6) is -1.41. The second-order valence-corrected chi connectivity index (χ2v) is 5.88. The number of amides is 1. The molecule has 1 aliphatic rings. The molecule has 1 saturated heterocycles. The maximum absolute atomic E-state index is 13.7. The summed E-state index contributed by atoms with van der Waals surface area (Å²) in [6.07, 6.45) is -8.16. The van der Waals surface area contributed by atoms with E-state index in [-0.39, 0.29) is 18.4 Å². The van der Waals surface area contributed by atoms with E-state index in [4.69, 9.17) is 0 Å². The lowest BCUT2D eigenvalue weighted by Crippen LogP contribution is -2.76. The molecule has 2 heterocycles. The number of likely N-dealkylation sites (tertiary alicyclic amines) is 1. The third-order valence-corrected chi connectivity index (χ3v) is 4.18. The van der Waals surface area contributed by atoms with E-state index in [1.807, 2.05) is 0 Å². The largest absolute Gasteiger partial charge is 0.434 e. The van der Waals surface area contributed by atoms with Gasteiger partial charge in [-0.25, -0.2) is 0 Å². The van der Waals surface area contributed by atoms with Crippen molar-refractivity contribution in [2.75, 3.05) is 6.54 Å². The van der Waals surface area contributed by atoms with Crippen LogP contribution in [0.3, 0.4) is 0 Å². The standard InChI is InChI=1S/C15H17F6N3O/c1-10(25)23-13(14(16,17)18,15(19,20)21)24-8-3-2-6-12(24)11-5-4-7-22-9-11/h4-5,7,9,12H,2-3,6,8H2,1H3,(H,23,25)/t12-/m1/s1. The normalized spacial score (nSPS) is 20.4. The molecule has 0 radical (unpaired) electrons. The molecule has 0 aromatic carbocycles. The number of hydrogen-bond acceptors (Lipinski definition) is 3. The van der Waals surface area contributed by atoms with Gasteiger partial charge < -0.3 is 5.32 Å². The summed E-state index contributed by atoms with van der Waals surface area (Å²) in [6.45, 7) is 0.175. The molecule has 0 spiro atoms. The van der Waals surface area contributed by atoms with Crippen molar-refractivity contribution < 1.29 is 31.1 Å². The molecule has 1 fully saturated rings. The number of rotatable bonds is 3. The van der Waals surface area contributed by atoms with Gasteiger partial charge in [0.05, 0.1) is 0 Å². The van der Waals surface area contributed by atoms with Crippen LogP contribution in [-0.4, -0.2) is 40.4 Å². The Kier molecular flexibility index (Phi) is 5.31. The van der Waals surface area contributed by atoms with Gasteiger partial charge in [-0.2, -0.15) is 26.3 Å². The molecule has 1 atom stereocenters. The zero-order valence-electron chi connectivity index (χ0n) is 13.3. The molecular formula is C15H17F6N3O. The highest BCUT2D eigenvalue weighted by Crippen LogP contribution is 2.50. The van der Waals surface area contributed by atoms with E-state index >= 15 is 0 Å². The van der Waals surface area contributed by atoms with Gasteiger partial charge in [0, 0.05) is 31.9 Å². The van der Waals surface area contributed by atoms with E-state index in [2.05, 4.69) is 4.98 Å². The predicted molar refractivity (Wildman–Crippen MR) is 76.2 cm³/mol. The molecule has 1 aromatic rings. The van der Waals surface area contributed by atoms with E-state index in [1.165, 1.54) is 24.5 Å². The van der Waals surface area contributed by atoms with Gasteiger partial charge >= 0.3 is 12.4 Å². The first-order valence-corrected chi connectivity index (χ1v) is 7.59.